The topological polar surface area (TPSA) is 70.0 Å². The Morgan fingerprint density at radius 1 is 1.24 bits per heavy atom. The molecule has 0 fully saturated rings. The molecule has 1 aromatic rings. The van der Waals surface area contributed by atoms with Crippen LogP contribution in [0.3, 0.4) is 0 Å². The molecule has 0 bridgehead atoms. The summed E-state index contributed by atoms with van der Waals surface area (Å²) in [6.07, 6.45) is 0. The van der Waals surface area contributed by atoms with E-state index in [2.05, 4.69) is 4.72 Å². The highest BCUT2D eigenvalue weighted by molar-refractivity contribution is 7.88. The summed E-state index contributed by atoms with van der Waals surface area (Å²) in [5.41, 5.74) is 0.710. The molecule has 0 spiro atoms. The summed E-state index contributed by atoms with van der Waals surface area (Å²) in [7, 11) is -3.34. The molecule has 0 radical (unpaired) electrons. The van der Waals surface area contributed by atoms with Crippen molar-refractivity contribution in [3.8, 4) is 6.07 Å². The van der Waals surface area contributed by atoms with E-state index in [-0.39, 0.29) is 5.75 Å². The Hall–Kier alpha value is -1.38. The van der Waals surface area contributed by atoms with Crippen molar-refractivity contribution in [1.29, 1.82) is 5.26 Å². The lowest BCUT2D eigenvalue weighted by Crippen LogP contribution is -2.41. The van der Waals surface area contributed by atoms with Crippen molar-refractivity contribution in [3.63, 3.8) is 0 Å². The molecule has 0 atom stereocenters. The molecule has 0 saturated heterocycles. The molecular weight excluding hydrogens is 236 g/mol. The lowest BCUT2D eigenvalue weighted by atomic mass is 10.1. The van der Waals surface area contributed by atoms with Crippen molar-refractivity contribution in [3.05, 3.63) is 35.4 Å². The van der Waals surface area contributed by atoms with Crippen LogP contribution in [0, 0.1) is 11.3 Å². The van der Waals surface area contributed by atoms with Crippen LogP contribution >= 0.6 is 0 Å². The standard InChI is InChI=1S/C12H16N2O2S/c1-12(2,3)14-17(15,16)9-11-6-4-10(8-13)5-7-11/h4-7,14H,9H2,1-3H3. The normalized spacial score (nSPS) is 12.1. The van der Waals surface area contributed by atoms with Crippen LogP contribution in [0.25, 0.3) is 0 Å². The fourth-order valence-electron chi connectivity index (χ4n) is 1.40. The van der Waals surface area contributed by atoms with E-state index in [9.17, 15) is 8.42 Å². The second kappa shape index (κ2) is 4.86. The predicted octanol–water partition coefficient (Wildman–Crippen LogP) is 1.78. The van der Waals surface area contributed by atoms with E-state index in [0.717, 1.165) is 0 Å². The SMILES string of the molecule is CC(C)(C)NS(=O)(=O)Cc1ccc(C#N)cc1. The summed E-state index contributed by atoms with van der Waals surface area (Å²) in [5.74, 6) is -0.0734. The molecule has 0 aliphatic rings. The number of hydrogen-bond acceptors (Lipinski definition) is 3. The number of sulfonamides is 1. The van der Waals surface area contributed by atoms with Gasteiger partial charge in [0.15, 0.2) is 0 Å². The van der Waals surface area contributed by atoms with Crippen LogP contribution < -0.4 is 4.72 Å². The third kappa shape index (κ3) is 4.98. The summed E-state index contributed by atoms with van der Waals surface area (Å²) >= 11 is 0. The van der Waals surface area contributed by atoms with Crippen molar-refractivity contribution in [1.82, 2.24) is 4.72 Å². The maximum absolute atomic E-state index is 11.8. The highest BCUT2D eigenvalue weighted by Gasteiger charge is 2.20. The number of hydrogen-bond donors (Lipinski definition) is 1. The summed E-state index contributed by atoms with van der Waals surface area (Å²) in [6.45, 7) is 5.38. The first-order valence-electron chi connectivity index (χ1n) is 5.22. The Balaban J connectivity index is 2.81. The molecule has 4 nitrogen and oxygen atoms in total. The van der Waals surface area contributed by atoms with E-state index in [4.69, 9.17) is 5.26 Å². The summed E-state index contributed by atoms with van der Waals surface area (Å²) in [6, 6.07) is 8.52. The van der Waals surface area contributed by atoms with Crippen molar-refractivity contribution in [2.75, 3.05) is 0 Å². The van der Waals surface area contributed by atoms with Crippen LogP contribution in [0.4, 0.5) is 0 Å². The van der Waals surface area contributed by atoms with Crippen LogP contribution in [0.2, 0.25) is 0 Å². The maximum Gasteiger partial charge on any atom is 0.216 e. The van der Waals surface area contributed by atoms with Crippen LogP contribution in [0.15, 0.2) is 24.3 Å². The second-order valence-corrected chi connectivity index (χ2v) is 6.64. The molecule has 17 heavy (non-hydrogen) atoms. The number of benzene rings is 1. The zero-order valence-corrected chi connectivity index (χ0v) is 11.0. The first kappa shape index (κ1) is 13.7. The van der Waals surface area contributed by atoms with E-state index in [1.54, 1.807) is 45.0 Å². The van der Waals surface area contributed by atoms with Gasteiger partial charge in [0.1, 0.15) is 0 Å². The van der Waals surface area contributed by atoms with E-state index in [1.807, 2.05) is 6.07 Å². The van der Waals surface area contributed by atoms with Crippen molar-refractivity contribution < 1.29 is 8.42 Å². The van der Waals surface area contributed by atoms with Gasteiger partial charge in [-0.05, 0) is 38.5 Å². The lowest BCUT2D eigenvalue weighted by Gasteiger charge is -2.20. The van der Waals surface area contributed by atoms with E-state index >= 15 is 0 Å². The quantitative estimate of drug-likeness (QED) is 0.891. The third-order valence-corrected chi connectivity index (χ3v) is 3.54. The monoisotopic (exact) mass is 252 g/mol. The lowest BCUT2D eigenvalue weighted by molar-refractivity contribution is 0.491. The number of nitrogens with one attached hydrogen (secondary N) is 1. The molecule has 1 N–H and O–H groups in total. The van der Waals surface area contributed by atoms with Crippen molar-refractivity contribution >= 4 is 10.0 Å². The smallest absolute Gasteiger partial charge is 0.212 e. The number of nitrogens with zero attached hydrogens (tertiary/aromatic N) is 1. The van der Waals surface area contributed by atoms with Crippen LogP contribution in [0.1, 0.15) is 31.9 Å². The average molecular weight is 252 g/mol. The van der Waals surface area contributed by atoms with E-state index in [1.165, 1.54) is 0 Å². The van der Waals surface area contributed by atoms with Gasteiger partial charge in [0.25, 0.3) is 0 Å². The molecule has 0 unspecified atom stereocenters. The minimum absolute atomic E-state index is 0.0734. The van der Waals surface area contributed by atoms with Gasteiger partial charge in [-0.15, -0.1) is 0 Å². The Kier molecular flexibility index (Phi) is 3.91. The zero-order valence-electron chi connectivity index (χ0n) is 10.2. The fraction of sp³-hybridized carbons (Fsp3) is 0.417. The van der Waals surface area contributed by atoms with Crippen molar-refractivity contribution in [2.45, 2.75) is 32.1 Å². The molecule has 1 rings (SSSR count). The molecule has 0 saturated carbocycles. The Morgan fingerprint density at radius 3 is 2.18 bits per heavy atom. The van der Waals surface area contributed by atoms with Gasteiger partial charge in [-0.2, -0.15) is 5.26 Å². The van der Waals surface area contributed by atoms with Crippen molar-refractivity contribution in [2.24, 2.45) is 0 Å². The molecule has 0 aliphatic heterocycles. The largest absolute Gasteiger partial charge is 0.216 e. The molecule has 0 amide bonds. The van der Waals surface area contributed by atoms with Gasteiger partial charge in [0, 0.05) is 5.54 Å². The molecule has 0 aromatic heterocycles. The third-order valence-electron chi connectivity index (χ3n) is 1.90. The van der Waals surface area contributed by atoms with Gasteiger partial charge in [-0.3, -0.25) is 0 Å². The minimum Gasteiger partial charge on any atom is -0.212 e. The highest BCUT2D eigenvalue weighted by Crippen LogP contribution is 2.10. The van der Waals surface area contributed by atoms with E-state index < -0.39 is 15.6 Å². The fourth-order valence-corrected chi connectivity index (χ4v) is 3.03. The Bertz CT molecular complexity index is 519. The molecular formula is C12H16N2O2S. The molecule has 1 aromatic carbocycles. The van der Waals surface area contributed by atoms with E-state index in [0.29, 0.717) is 11.1 Å². The Morgan fingerprint density at radius 2 is 1.76 bits per heavy atom. The zero-order chi connectivity index (χ0) is 13.1. The van der Waals surface area contributed by atoms with Gasteiger partial charge < -0.3 is 0 Å². The number of rotatable bonds is 3. The van der Waals surface area contributed by atoms with Gasteiger partial charge in [-0.25, -0.2) is 13.1 Å². The summed E-state index contributed by atoms with van der Waals surface area (Å²) in [4.78, 5) is 0. The number of nitriles is 1. The van der Waals surface area contributed by atoms with Crippen LogP contribution in [0.5, 0.6) is 0 Å². The highest BCUT2D eigenvalue weighted by atomic mass is 32.2. The summed E-state index contributed by atoms with van der Waals surface area (Å²) in [5, 5.41) is 8.63. The average Bonchev–Trinajstić information content (AvgIpc) is 2.14. The first-order valence-corrected chi connectivity index (χ1v) is 6.88. The van der Waals surface area contributed by atoms with Gasteiger partial charge in [-0.1, -0.05) is 12.1 Å². The maximum atomic E-state index is 11.8. The molecule has 92 valence electrons. The Labute approximate surface area is 102 Å². The van der Waals surface area contributed by atoms with Gasteiger partial charge in [0.05, 0.1) is 17.4 Å². The second-order valence-electron chi connectivity index (χ2n) is 4.92. The first-order chi connectivity index (χ1) is 7.72. The summed E-state index contributed by atoms with van der Waals surface area (Å²) < 4.78 is 26.2. The van der Waals surface area contributed by atoms with Gasteiger partial charge in [0.2, 0.25) is 10.0 Å². The predicted molar refractivity (Wildman–Crippen MR) is 66.7 cm³/mol. The minimum atomic E-state index is -3.34. The molecule has 0 heterocycles. The van der Waals surface area contributed by atoms with Crippen LogP contribution in [-0.4, -0.2) is 14.0 Å². The van der Waals surface area contributed by atoms with Gasteiger partial charge >= 0.3 is 0 Å². The van der Waals surface area contributed by atoms with Crippen LogP contribution in [-0.2, 0) is 15.8 Å². The molecule has 0 aliphatic carbocycles. The molecule has 5 heteroatoms.